The molecule has 138 valence electrons. The number of benzene rings is 2. The largest absolute Gasteiger partial charge is 0.486 e. The maximum atomic E-state index is 11.9. The van der Waals surface area contributed by atoms with E-state index in [0.717, 1.165) is 5.56 Å². The second-order valence-corrected chi connectivity index (χ2v) is 5.49. The lowest BCUT2D eigenvalue weighted by atomic mass is 10.2. The molecule has 2 aromatic carbocycles. The van der Waals surface area contributed by atoms with Crippen LogP contribution in [-0.2, 0) is 16.1 Å². The lowest BCUT2D eigenvalue weighted by Gasteiger charge is -2.13. The van der Waals surface area contributed by atoms with Crippen molar-refractivity contribution in [2.24, 2.45) is 0 Å². The van der Waals surface area contributed by atoms with Gasteiger partial charge in [-0.2, -0.15) is 8.78 Å². The Balaban J connectivity index is 1.80. The van der Waals surface area contributed by atoms with Crippen molar-refractivity contribution >= 4 is 5.97 Å². The summed E-state index contributed by atoms with van der Waals surface area (Å²) in [7, 11) is 0. The predicted molar refractivity (Wildman–Crippen MR) is 93.3 cm³/mol. The van der Waals surface area contributed by atoms with Crippen LogP contribution in [0, 0.1) is 6.92 Å². The fraction of sp³-hybridized carbons (Fsp3) is 0.250. The number of rotatable bonds is 9. The lowest BCUT2D eigenvalue weighted by molar-refractivity contribution is -0.143. The van der Waals surface area contributed by atoms with Crippen molar-refractivity contribution in [3.05, 3.63) is 71.8 Å². The van der Waals surface area contributed by atoms with Gasteiger partial charge in [-0.25, -0.2) is 0 Å². The smallest absolute Gasteiger partial charge is 0.309 e. The molecule has 0 N–H and O–H groups in total. The van der Waals surface area contributed by atoms with Crippen LogP contribution in [0.4, 0.5) is 8.78 Å². The Bertz CT molecular complexity index is 738. The van der Waals surface area contributed by atoms with Crippen molar-refractivity contribution in [1.29, 1.82) is 0 Å². The van der Waals surface area contributed by atoms with Gasteiger partial charge in [-0.3, -0.25) is 4.79 Å². The number of aryl methyl sites for hydroxylation is 1. The van der Waals surface area contributed by atoms with E-state index in [0.29, 0.717) is 24.2 Å². The number of hydrogen-bond donors (Lipinski definition) is 0. The molecule has 2 rings (SSSR count). The molecule has 0 saturated carbocycles. The van der Waals surface area contributed by atoms with Gasteiger partial charge < -0.3 is 14.2 Å². The van der Waals surface area contributed by atoms with E-state index in [2.05, 4.69) is 0 Å². The minimum absolute atomic E-state index is 0.0348. The van der Waals surface area contributed by atoms with Gasteiger partial charge >= 0.3 is 5.97 Å². The van der Waals surface area contributed by atoms with E-state index in [9.17, 15) is 13.6 Å². The Kier molecular flexibility index (Phi) is 7.61. The first-order valence-corrected chi connectivity index (χ1v) is 8.11. The average molecular weight is 362 g/mol. The van der Waals surface area contributed by atoms with Crippen LogP contribution in [0.15, 0.2) is 60.7 Å². The zero-order valence-corrected chi connectivity index (χ0v) is 14.4. The molecular formula is C20H20F2O4. The van der Waals surface area contributed by atoms with E-state index in [-0.39, 0.29) is 13.2 Å². The summed E-state index contributed by atoms with van der Waals surface area (Å²) in [5.41, 5.74) is 2.21. The number of esters is 1. The second-order valence-electron chi connectivity index (χ2n) is 5.49. The Morgan fingerprint density at radius 1 is 0.962 bits per heavy atom. The predicted octanol–water partition coefficient (Wildman–Crippen LogP) is 4.67. The highest BCUT2D eigenvalue weighted by Crippen LogP contribution is 2.27. The fourth-order valence-corrected chi connectivity index (χ4v) is 2.06. The van der Waals surface area contributed by atoms with E-state index < -0.39 is 18.5 Å². The van der Waals surface area contributed by atoms with Crippen LogP contribution in [0.25, 0.3) is 0 Å². The van der Waals surface area contributed by atoms with Gasteiger partial charge in [-0.05, 0) is 30.7 Å². The Morgan fingerprint density at radius 3 is 2.27 bits per heavy atom. The third-order valence-corrected chi connectivity index (χ3v) is 3.39. The first-order valence-electron chi connectivity index (χ1n) is 8.11. The highest BCUT2D eigenvalue weighted by atomic mass is 19.3. The third kappa shape index (κ3) is 6.93. The van der Waals surface area contributed by atoms with E-state index >= 15 is 0 Å². The minimum Gasteiger partial charge on any atom is -0.486 e. The van der Waals surface area contributed by atoms with Crippen LogP contribution in [-0.4, -0.2) is 19.2 Å². The van der Waals surface area contributed by atoms with Crippen molar-refractivity contribution in [1.82, 2.24) is 0 Å². The molecule has 26 heavy (non-hydrogen) atoms. The number of ether oxygens (including phenoxy) is 3. The molecule has 0 aliphatic heterocycles. The van der Waals surface area contributed by atoms with Crippen LogP contribution in [0.1, 0.15) is 17.5 Å². The quantitative estimate of drug-likeness (QED) is 0.480. The molecule has 0 radical (unpaired) electrons. The zero-order chi connectivity index (χ0) is 18.8. The van der Waals surface area contributed by atoms with Crippen LogP contribution in [0.5, 0.6) is 11.5 Å². The first-order chi connectivity index (χ1) is 12.5. The molecule has 0 aliphatic rings. The van der Waals surface area contributed by atoms with E-state index in [1.165, 1.54) is 5.56 Å². The summed E-state index contributed by atoms with van der Waals surface area (Å²) in [5.74, 6) is 0.359. The summed E-state index contributed by atoms with van der Waals surface area (Å²) in [6, 6.07) is 15.2. The Hall–Kier alpha value is -2.89. The first kappa shape index (κ1) is 19.4. The van der Waals surface area contributed by atoms with Crippen molar-refractivity contribution < 1.29 is 27.8 Å². The summed E-state index contributed by atoms with van der Waals surface area (Å²) in [6.45, 7) is 2.48. The molecule has 0 amide bonds. The van der Waals surface area contributed by atoms with Gasteiger partial charge in [0.1, 0.15) is 19.8 Å². The highest BCUT2D eigenvalue weighted by Gasteiger charge is 2.06. The van der Waals surface area contributed by atoms with Crippen LogP contribution >= 0.6 is 0 Å². The average Bonchev–Trinajstić information content (AvgIpc) is 2.64. The Morgan fingerprint density at radius 2 is 1.62 bits per heavy atom. The van der Waals surface area contributed by atoms with Crippen molar-refractivity contribution in [2.75, 3.05) is 13.2 Å². The summed E-state index contributed by atoms with van der Waals surface area (Å²) in [5, 5.41) is 0. The fourth-order valence-electron chi connectivity index (χ4n) is 2.06. The van der Waals surface area contributed by atoms with Gasteiger partial charge in [0.2, 0.25) is 0 Å². The lowest BCUT2D eigenvalue weighted by Crippen LogP contribution is -2.12. The maximum Gasteiger partial charge on any atom is 0.309 e. The summed E-state index contributed by atoms with van der Waals surface area (Å²) < 4.78 is 39.9. The van der Waals surface area contributed by atoms with Crippen LogP contribution < -0.4 is 9.47 Å². The number of para-hydroxylation sites is 2. The highest BCUT2D eigenvalue weighted by molar-refractivity contribution is 5.71. The van der Waals surface area contributed by atoms with Gasteiger partial charge in [0.25, 0.3) is 6.08 Å². The number of halogens is 2. The molecule has 0 spiro atoms. The molecule has 0 saturated heterocycles. The molecule has 0 aromatic heterocycles. The molecular weight excluding hydrogens is 342 g/mol. The third-order valence-electron chi connectivity index (χ3n) is 3.39. The molecule has 0 fully saturated rings. The van der Waals surface area contributed by atoms with Gasteiger partial charge in [-0.15, -0.1) is 0 Å². The molecule has 0 atom stereocenters. The number of hydrogen-bond acceptors (Lipinski definition) is 4. The van der Waals surface area contributed by atoms with E-state index in [1.54, 1.807) is 18.2 Å². The number of carbonyl (C=O) groups excluding carboxylic acids is 1. The summed E-state index contributed by atoms with van der Waals surface area (Å²) in [4.78, 5) is 11.2. The molecule has 0 aliphatic carbocycles. The number of carbonyl (C=O) groups is 1. The molecule has 2 aromatic rings. The monoisotopic (exact) mass is 362 g/mol. The van der Waals surface area contributed by atoms with Crippen LogP contribution in [0.3, 0.4) is 0 Å². The van der Waals surface area contributed by atoms with Crippen molar-refractivity contribution in [3.8, 4) is 11.5 Å². The molecule has 6 heteroatoms. The molecule has 4 nitrogen and oxygen atoms in total. The van der Waals surface area contributed by atoms with Crippen molar-refractivity contribution in [2.45, 2.75) is 20.0 Å². The van der Waals surface area contributed by atoms with E-state index in [1.807, 2.05) is 37.3 Å². The van der Waals surface area contributed by atoms with Crippen LogP contribution in [0.2, 0.25) is 0 Å². The molecule has 0 bridgehead atoms. The zero-order valence-electron chi connectivity index (χ0n) is 14.4. The van der Waals surface area contributed by atoms with Gasteiger partial charge in [-0.1, -0.05) is 42.0 Å². The second kappa shape index (κ2) is 10.2. The minimum atomic E-state index is -1.90. The summed E-state index contributed by atoms with van der Waals surface area (Å²) >= 11 is 0. The van der Waals surface area contributed by atoms with Gasteiger partial charge in [0.05, 0.1) is 6.42 Å². The van der Waals surface area contributed by atoms with Crippen molar-refractivity contribution in [3.63, 3.8) is 0 Å². The topological polar surface area (TPSA) is 44.8 Å². The summed E-state index contributed by atoms with van der Waals surface area (Å²) in [6.07, 6.45) is -1.85. The Labute approximate surface area is 151 Å². The van der Waals surface area contributed by atoms with Gasteiger partial charge in [0.15, 0.2) is 11.5 Å². The van der Waals surface area contributed by atoms with Gasteiger partial charge in [0, 0.05) is 0 Å². The molecule has 0 heterocycles. The molecule has 0 unspecified atom stereocenters. The van der Waals surface area contributed by atoms with E-state index in [4.69, 9.17) is 14.2 Å². The maximum absolute atomic E-state index is 11.9. The SMILES string of the molecule is Cc1ccc(COc2ccccc2OCCOC(=O)CC=C(F)F)cc1. The normalized spacial score (nSPS) is 10.1. The standard InChI is InChI=1S/C20H20F2O4/c1-15-6-8-16(9-7-15)14-26-18-5-3-2-4-17(18)24-12-13-25-20(23)11-10-19(21)22/h2-10H,11-14H2,1H3.